The number of methoxy groups -OCH3 is 2. The van der Waals surface area contributed by atoms with E-state index in [1.54, 1.807) is 6.92 Å². The van der Waals surface area contributed by atoms with Gasteiger partial charge in [0.1, 0.15) is 28.5 Å². The number of carbonyl (C=O) groups excluding carboxylic acids is 3. The molecule has 2 aromatic carbocycles. The largest absolute Gasteiger partial charge is 0.465 e. The molecule has 2 heterocycles. The number of anilines is 2. The van der Waals surface area contributed by atoms with Crippen LogP contribution in [0.25, 0.3) is 10.2 Å². The van der Waals surface area contributed by atoms with Gasteiger partial charge in [-0.05, 0) is 36.2 Å². The number of nitrogens with zero attached hydrogens (tertiary/aromatic N) is 2. The van der Waals surface area contributed by atoms with Gasteiger partial charge in [0.05, 0.1) is 30.7 Å². The summed E-state index contributed by atoms with van der Waals surface area (Å²) in [6, 6.07) is 13.8. The van der Waals surface area contributed by atoms with Gasteiger partial charge in [0, 0.05) is 5.69 Å². The summed E-state index contributed by atoms with van der Waals surface area (Å²) in [6.45, 7) is 1.94. The van der Waals surface area contributed by atoms with Crippen LogP contribution in [0.15, 0.2) is 54.9 Å². The van der Waals surface area contributed by atoms with Gasteiger partial charge in [0.25, 0.3) is 0 Å². The summed E-state index contributed by atoms with van der Waals surface area (Å²) in [5, 5.41) is 3.76. The molecular weight excluding hydrogens is 470 g/mol. The Labute approximate surface area is 204 Å². The predicted octanol–water partition coefficient (Wildman–Crippen LogP) is 4.67. The van der Waals surface area contributed by atoms with Gasteiger partial charge in [-0.15, -0.1) is 11.3 Å². The van der Waals surface area contributed by atoms with Crippen molar-refractivity contribution in [3.63, 3.8) is 0 Å². The molecule has 178 valence electrons. The van der Waals surface area contributed by atoms with Crippen LogP contribution in [0, 0.1) is 6.92 Å². The number of esters is 3. The molecule has 4 rings (SSSR count). The third-order valence-electron chi connectivity index (χ3n) is 5.16. The molecular formula is C25H21N3O6S. The highest BCUT2D eigenvalue weighted by Crippen LogP contribution is 2.35. The molecule has 0 aliphatic heterocycles. The third kappa shape index (κ3) is 5.12. The van der Waals surface area contributed by atoms with E-state index < -0.39 is 17.9 Å². The van der Waals surface area contributed by atoms with Crippen molar-refractivity contribution in [3.8, 4) is 0 Å². The van der Waals surface area contributed by atoms with Crippen molar-refractivity contribution in [1.82, 2.24) is 9.97 Å². The molecule has 1 N–H and O–H groups in total. The van der Waals surface area contributed by atoms with Crippen LogP contribution in [0.2, 0.25) is 0 Å². The summed E-state index contributed by atoms with van der Waals surface area (Å²) >= 11 is 1.20. The van der Waals surface area contributed by atoms with Crippen LogP contribution in [-0.4, -0.2) is 42.1 Å². The van der Waals surface area contributed by atoms with E-state index >= 15 is 0 Å². The summed E-state index contributed by atoms with van der Waals surface area (Å²) < 4.78 is 15.1. The van der Waals surface area contributed by atoms with Crippen LogP contribution in [0.5, 0.6) is 0 Å². The van der Waals surface area contributed by atoms with Gasteiger partial charge in [-0.25, -0.2) is 24.4 Å². The highest BCUT2D eigenvalue weighted by Gasteiger charge is 2.21. The molecule has 0 radical (unpaired) electrons. The van der Waals surface area contributed by atoms with Crippen LogP contribution >= 0.6 is 11.3 Å². The zero-order chi connectivity index (χ0) is 24.9. The number of ether oxygens (including phenoxy) is 3. The number of rotatable bonds is 7. The molecule has 9 nitrogen and oxygen atoms in total. The number of aromatic nitrogens is 2. The molecule has 10 heteroatoms. The average molecular weight is 492 g/mol. The van der Waals surface area contributed by atoms with Gasteiger partial charge >= 0.3 is 17.9 Å². The first-order valence-corrected chi connectivity index (χ1v) is 11.3. The minimum Gasteiger partial charge on any atom is -0.465 e. The summed E-state index contributed by atoms with van der Waals surface area (Å²) in [5.41, 5.74) is 2.27. The Bertz CT molecular complexity index is 1380. The van der Waals surface area contributed by atoms with E-state index in [9.17, 15) is 14.4 Å². The Kier molecular flexibility index (Phi) is 7.02. The molecule has 35 heavy (non-hydrogen) atoms. The van der Waals surface area contributed by atoms with Crippen molar-refractivity contribution in [1.29, 1.82) is 0 Å². The molecule has 0 aliphatic carbocycles. The molecule has 0 fully saturated rings. The molecule has 0 amide bonds. The first-order valence-electron chi connectivity index (χ1n) is 10.4. The number of hydrogen-bond acceptors (Lipinski definition) is 10. The molecule has 0 atom stereocenters. The maximum Gasteiger partial charge on any atom is 0.349 e. The van der Waals surface area contributed by atoms with Crippen molar-refractivity contribution in [2.24, 2.45) is 0 Å². The Balaban J connectivity index is 1.67. The Hall–Kier alpha value is -4.31. The SMILES string of the molecule is COC(=O)c1cc(Nc2ncnc3sc(C(=O)OCc4ccccc4)c(C)c23)cc(C(=O)OC)c1. The molecule has 0 bridgehead atoms. The number of benzene rings is 2. The van der Waals surface area contributed by atoms with Crippen LogP contribution in [-0.2, 0) is 20.8 Å². The van der Waals surface area contributed by atoms with E-state index in [2.05, 4.69) is 15.3 Å². The summed E-state index contributed by atoms with van der Waals surface area (Å²) in [6.07, 6.45) is 1.37. The van der Waals surface area contributed by atoms with Crippen molar-refractivity contribution >= 4 is 51.0 Å². The number of hydrogen-bond donors (Lipinski definition) is 1. The minimum atomic E-state index is -0.609. The topological polar surface area (TPSA) is 117 Å². The van der Waals surface area contributed by atoms with Gasteiger partial charge in [-0.2, -0.15) is 0 Å². The second-order valence-electron chi connectivity index (χ2n) is 7.43. The van der Waals surface area contributed by atoms with E-state index in [1.807, 2.05) is 30.3 Å². The highest BCUT2D eigenvalue weighted by molar-refractivity contribution is 7.20. The van der Waals surface area contributed by atoms with Gasteiger partial charge in [-0.3, -0.25) is 0 Å². The van der Waals surface area contributed by atoms with Crippen LogP contribution in [0.3, 0.4) is 0 Å². The Morgan fingerprint density at radius 2 is 1.57 bits per heavy atom. The quantitative estimate of drug-likeness (QED) is 0.291. The third-order valence-corrected chi connectivity index (χ3v) is 6.34. The van der Waals surface area contributed by atoms with E-state index in [4.69, 9.17) is 14.2 Å². The summed E-state index contributed by atoms with van der Waals surface area (Å²) in [4.78, 5) is 46.6. The van der Waals surface area contributed by atoms with Crippen LogP contribution < -0.4 is 5.32 Å². The average Bonchev–Trinajstić information content (AvgIpc) is 3.24. The van der Waals surface area contributed by atoms with E-state index in [0.717, 1.165) is 5.56 Å². The van der Waals surface area contributed by atoms with Gasteiger partial charge in [0.15, 0.2) is 0 Å². The lowest BCUT2D eigenvalue weighted by Gasteiger charge is -2.11. The van der Waals surface area contributed by atoms with Crippen molar-refractivity contribution in [3.05, 3.63) is 82.0 Å². The normalized spacial score (nSPS) is 10.6. The lowest BCUT2D eigenvalue weighted by molar-refractivity contribution is 0.0476. The molecule has 0 saturated carbocycles. The Morgan fingerprint density at radius 3 is 2.20 bits per heavy atom. The number of nitrogens with one attached hydrogen (secondary N) is 1. The fourth-order valence-electron chi connectivity index (χ4n) is 3.46. The second-order valence-corrected chi connectivity index (χ2v) is 8.43. The zero-order valence-electron chi connectivity index (χ0n) is 19.2. The lowest BCUT2D eigenvalue weighted by Crippen LogP contribution is -2.08. The summed E-state index contributed by atoms with van der Waals surface area (Å²) in [7, 11) is 2.50. The van der Waals surface area contributed by atoms with Crippen LogP contribution in [0.1, 0.15) is 41.5 Å². The van der Waals surface area contributed by atoms with E-state index in [-0.39, 0.29) is 17.7 Å². The fourth-order valence-corrected chi connectivity index (χ4v) is 4.50. The molecule has 0 spiro atoms. The van der Waals surface area contributed by atoms with Gasteiger partial charge in [-0.1, -0.05) is 30.3 Å². The number of carbonyl (C=O) groups is 3. The maximum atomic E-state index is 12.8. The van der Waals surface area contributed by atoms with Crippen molar-refractivity contribution in [2.75, 3.05) is 19.5 Å². The molecule has 0 unspecified atom stereocenters. The zero-order valence-corrected chi connectivity index (χ0v) is 20.0. The predicted molar refractivity (Wildman–Crippen MR) is 130 cm³/mol. The Morgan fingerprint density at radius 1 is 0.914 bits per heavy atom. The lowest BCUT2D eigenvalue weighted by atomic mass is 10.1. The second kappa shape index (κ2) is 10.3. The molecule has 0 aliphatic rings. The standard InChI is InChI=1S/C25H21N3O6S/c1-14-19-21(28-18-10-16(23(29)32-2)9-17(11-18)24(30)33-3)26-13-27-22(19)35-20(14)25(31)34-12-15-7-5-4-6-8-15/h4-11,13H,12H2,1-3H3,(H,26,27,28). The van der Waals surface area contributed by atoms with Crippen LogP contribution in [0.4, 0.5) is 11.5 Å². The van der Waals surface area contributed by atoms with Gasteiger partial charge in [0.2, 0.25) is 0 Å². The fraction of sp³-hybridized carbons (Fsp3) is 0.160. The number of thiophene rings is 1. The smallest absolute Gasteiger partial charge is 0.349 e. The maximum absolute atomic E-state index is 12.8. The van der Waals surface area contributed by atoms with Crippen molar-refractivity contribution < 1.29 is 28.6 Å². The first kappa shape index (κ1) is 23.8. The number of aryl methyl sites for hydroxylation is 1. The molecule has 2 aromatic heterocycles. The molecule has 4 aromatic rings. The van der Waals surface area contributed by atoms with Gasteiger partial charge < -0.3 is 19.5 Å². The molecule has 0 saturated heterocycles. The van der Waals surface area contributed by atoms with E-state index in [1.165, 1.54) is 50.1 Å². The van der Waals surface area contributed by atoms with E-state index in [0.29, 0.717) is 32.2 Å². The number of fused-ring (bicyclic) bond motifs is 1. The first-order chi connectivity index (χ1) is 16.9. The minimum absolute atomic E-state index is 0.154. The summed E-state index contributed by atoms with van der Waals surface area (Å²) in [5.74, 6) is -1.27. The van der Waals surface area contributed by atoms with Crippen molar-refractivity contribution in [2.45, 2.75) is 13.5 Å². The monoisotopic (exact) mass is 491 g/mol. The highest BCUT2D eigenvalue weighted by atomic mass is 32.1.